The Bertz CT molecular complexity index is 697. The zero-order valence-electron chi connectivity index (χ0n) is 12.1. The van der Waals surface area contributed by atoms with Crippen molar-refractivity contribution >= 4 is 23.5 Å². The zero-order valence-corrected chi connectivity index (χ0v) is 12.9. The highest BCUT2D eigenvalue weighted by Crippen LogP contribution is 2.34. The number of ketones is 1. The monoisotopic (exact) mass is 302 g/mol. The number of nitrogens with zero attached hydrogens (tertiary/aromatic N) is 2. The van der Waals surface area contributed by atoms with Gasteiger partial charge in [-0.25, -0.2) is 0 Å². The Morgan fingerprint density at radius 2 is 2.19 bits per heavy atom. The standard InChI is InChI=1S/C16H15ClN2O2/c1-19(2)9-13(8-18)16(20)12-4-10-6-14(17)15(21-3)7-11(10)5-12/h5-7,9H,4H2,1-3H3. The van der Waals surface area contributed by atoms with E-state index < -0.39 is 0 Å². The molecule has 0 fully saturated rings. The maximum absolute atomic E-state index is 12.4. The molecule has 0 saturated heterocycles. The van der Waals surface area contributed by atoms with Gasteiger partial charge in [-0.1, -0.05) is 11.6 Å². The molecule has 0 saturated carbocycles. The van der Waals surface area contributed by atoms with Crippen LogP contribution >= 0.6 is 11.6 Å². The van der Waals surface area contributed by atoms with Gasteiger partial charge in [0.1, 0.15) is 17.4 Å². The number of carbonyl (C=O) groups is 1. The molecule has 5 heteroatoms. The van der Waals surface area contributed by atoms with Crippen molar-refractivity contribution in [1.29, 1.82) is 5.26 Å². The van der Waals surface area contributed by atoms with Crippen LogP contribution in [0.15, 0.2) is 29.5 Å². The summed E-state index contributed by atoms with van der Waals surface area (Å²) in [6.07, 6.45) is 3.79. The molecule has 0 N–H and O–H groups in total. The first-order valence-electron chi connectivity index (χ1n) is 6.36. The number of carbonyl (C=O) groups excluding carboxylic acids is 1. The summed E-state index contributed by atoms with van der Waals surface area (Å²) in [7, 11) is 5.09. The predicted octanol–water partition coefficient (Wildman–Crippen LogP) is 2.83. The minimum atomic E-state index is -0.252. The Balaban J connectivity index is 2.33. The number of benzene rings is 1. The van der Waals surface area contributed by atoms with Crippen LogP contribution in [-0.2, 0) is 11.2 Å². The van der Waals surface area contributed by atoms with Gasteiger partial charge in [0.05, 0.1) is 12.1 Å². The first-order chi connectivity index (χ1) is 9.96. The smallest absolute Gasteiger partial charge is 0.201 e. The summed E-state index contributed by atoms with van der Waals surface area (Å²) in [5.74, 6) is 0.321. The van der Waals surface area contributed by atoms with Gasteiger partial charge in [-0.05, 0) is 29.3 Å². The van der Waals surface area contributed by atoms with Gasteiger partial charge in [0.2, 0.25) is 5.78 Å². The predicted molar refractivity (Wildman–Crippen MR) is 82.1 cm³/mol. The fraction of sp³-hybridized carbons (Fsp3) is 0.250. The van der Waals surface area contributed by atoms with Crippen LogP contribution in [0.1, 0.15) is 11.1 Å². The molecular formula is C16H15ClN2O2. The number of hydrogen-bond acceptors (Lipinski definition) is 4. The lowest BCUT2D eigenvalue weighted by Gasteiger charge is -2.07. The molecular weight excluding hydrogens is 288 g/mol. The molecule has 1 aliphatic carbocycles. The Kier molecular flexibility index (Phi) is 4.35. The number of Topliss-reactive ketones (excluding diaryl/α,β-unsaturated/α-hetero) is 1. The van der Waals surface area contributed by atoms with Crippen LogP contribution < -0.4 is 4.74 Å². The van der Waals surface area contributed by atoms with E-state index in [1.165, 1.54) is 6.20 Å². The normalized spacial score (nSPS) is 13.3. The number of nitriles is 1. The maximum atomic E-state index is 12.4. The van der Waals surface area contributed by atoms with Crippen LogP contribution in [0.3, 0.4) is 0 Å². The van der Waals surface area contributed by atoms with Crippen LogP contribution in [0.25, 0.3) is 6.08 Å². The second-order valence-electron chi connectivity index (χ2n) is 4.98. The van der Waals surface area contributed by atoms with Gasteiger partial charge in [-0.2, -0.15) is 5.26 Å². The lowest BCUT2D eigenvalue weighted by molar-refractivity contribution is -0.111. The van der Waals surface area contributed by atoms with Crippen molar-refractivity contribution in [1.82, 2.24) is 4.90 Å². The molecule has 1 aromatic carbocycles. The van der Waals surface area contributed by atoms with Crippen LogP contribution in [-0.4, -0.2) is 31.9 Å². The van der Waals surface area contributed by atoms with Gasteiger partial charge in [-0.3, -0.25) is 4.79 Å². The molecule has 0 atom stereocenters. The molecule has 1 aliphatic rings. The van der Waals surface area contributed by atoms with E-state index in [2.05, 4.69) is 0 Å². The lowest BCUT2D eigenvalue weighted by atomic mass is 10.0. The molecule has 0 aliphatic heterocycles. The summed E-state index contributed by atoms with van der Waals surface area (Å²) in [6, 6.07) is 5.55. The number of rotatable bonds is 4. The van der Waals surface area contributed by atoms with Crippen molar-refractivity contribution in [2.75, 3.05) is 21.2 Å². The zero-order chi connectivity index (χ0) is 15.6. The highest BCUT2D eigenvalue weighted by Gasteiger charge is 2.23. The third-order valence-corrected chi connectivity index (χ3v) is 3.46. The highest BCUT2D eigenvalue weighted by molar-refractivity contribution is 6.32. The Hall–Kier alpha value is -2.25. The van der Waals surface area contributed by atoms with Gasteiger partial charge in [0, 0.05) is 32.3 Å². The van der Waals surface area contributed by atoms with E-state index in [0.717, 1.165) is 11.1 Å². The summed E-state index contributed by atoms with van der Waals surface area (Å²) < 4.78 is 5.17. The molecule has 108 valence electrons. The van der Waals surface area contributed by atoms with E-state index in [4.69, 9.17) is 21.6 Å². The molecule has 0 spiro atoms. The van der Waals surface area contributed by atoms with Crippen molar-refractivity contribution in [2.45, 2.75) is 6.42 Å². The maximum Gasteiger partial charge on any atom is 0.201 e. The number of methoxy groups -OCH3 is 1. The van der Waals surface area contributed by atoms with Crippen molar-refractivity contribution in [3.05, 3.63) is 45.6 Å². The van der Waals surface area contributed by atoms with E-state index >= 15 is 0 Å². The average Bonchev–Trinajstić information content (AvgIpc) is 2.85. The first kappa shape index (κ1) is 15.1. The summed E-state index contributed by atoms with van der Waals surface area (Å²) in [6.45, 7) is 0. The molecule has 4 nitrogen and oxygen atoms in total. The Labute approximate surface area is 128 Å². The van der Waals surface area contributed by atoms with E-state index in [1.54, 1.807) is 44.3 Å². The molecule has 0 bridgehead atoms. The summed E-state index contributed by atoms with van der Waals surface area (Å²) in [5, 5.41) is 9.63. The Morgan fingerprint density at radius 3 is 2.76 bits per heavy atom. The fourth-order valence-corrected chi connectivity index (χ4v) is 2.48. The summed E-state index contributed by atoms with van der Waals surface area (Å²) >= 11 is 6.09. The Morgan fingerprint density at radius 1 is 1.48 bits per heavy atom. The van der Waals surface area contributed by atoms with Crippen LogP contribution in [0.2, 0.25) is 5.02 Å². The second kappa shape index (κ2) is 6.02. The molecule has 21 heavy (non-hydrogen) atoms. The van der Waals surface area contributed by atoms with Gasteiger partial charge in [-0.15, -0.1) is 0 Å². The van der Waals surface area contributed by atoms with E-state index in [1.807, 2.05) is 6.07 Å². The SMILES string of the molecule is COc1cc2c(cc1Cl)CC(C(=O)C(C#N)=CN(C)C)=C2. The fourth-order valence-electron chi connectivity index (χ4n) is 2.21. The lowest BCUT2D eigenvalue weighted by Crippen LogP contribution is -2.10. The largest absolute Gasteiger partial charge is 0.495 e. The van der Waals surface area contributed by atoms with Gasteiger partial charge in [0.15, 0.2) is 0 Å². The van der Waals surface area contributed by atoms with Gasteiger partial charge >= 0.3 is 0 Å². The van der Waals surface area contributed by atoms with Crippen molar-refractivity contribution in [3.63, 3.8) is 0 Å². The minimum absolute atomic E-state index is 0.122. The molecule has 0 aromatic heterocycles. The number of fused-ring (bicyclic) bond motifs is 1. The van der Waals surface area contributed by atoms with Crippen molar-refractivity contribution < 1.29 is 9.53 Å². The van der Waals surface area contributed by atoms with Crippen LogP contribution in [0.4, 0.5) is 0 Å². The third kappa shape index (κ3) is 3.09. The molecule has 0 amide bonds. The van der Waals surface area contributed by atoms with E-state index in [-0.39, 0.29) is 11.4 Å². The summed E-state index contributed by atoms with van der Waals surface area (Å²) in [5.41, 5.74) is 2.58. The number of allylic oxidation sites excluding steroid dienone is 2. The van der Waals surface area contributed by atoms with E-state index in [0.29, 0.717) is 22.8 Å². The van der Waals surface area contributed by atoms with Crippen LogP contribution in [0, 0.1) is 11.3 Å². The molecule has 0 unspecified atom stereocenters. The van der Waals surface area contributed by atoms with Crippen molar-refractivity contribution in [3.8, 4) is 11.8 Å². The molecule has 0 heterocycles. The highest BCUT2D eigenvalue weighted by atomic mass is 35.5. The number of hydrogen-bond donors (Lipinski definition) is 0. The number of halogens is 1. The molecule has 1 aromatic rings. The number of ether oxygens (including phenoxy) is 1. The minimum Gasteiger partial charge on any atom is -0.495 e. The van der Waals surface area contributed by atoms with Gasteiger partial charge in [0.25, 0.3) is 0 Å². The van der Waals surface area contributed by atoms with Crippen molar-refractivity contribution in [2.24, 2.45) is 0 Å². The molecule has 2 rings (SSSR count). The quantitative estimate of drug-likeness (QED) is 0.634. The second-order valence-corrected chi connectivity index (χ2v) is 5.39. The summed E-state index contributed by atoms with van der Waals surface area (Å²) in [4.78, 5) is 14.0. The molecule has 0 radical (unpaired) electrons. The first-order valence-corrected chi connectivity index (χ1v) is 6.74. The van der Waals surface area contributed by atoms with Gasteiger partial charge < -0.3 is 9.64 Å². The topological polar surface area (TPSA) is 53.3 Å². The average molecular weight is 303 g/mol. The van der Waals surface area contributed by atoms with Crippen LogP contribution in [0.5, 0.6) is 5.75 Å². The third-order valence-electron chi connectivity index (χ3n) is 3.17. The van der Waals surface area contributed by atoms with E-state index in [9.17, 15) is 4.79 Å².